The molecular weight excluding hydrogens is 296 g/mol. The molecule has 1 saturated heterocycles. The molecule has 1 aromatic heterocycles. The van der Waals surface area contributed by atoms with Gasteiger partial charge in [-0.1, -0.05) is 30.3 Å². The second-order valence-electron chi connectivity index (χ2n) is 5.34. The van der Waals surface area contributed by atoms with Gasteiger partial charge in [-0.3, -0.25) is 10.2 Å². The van der Waals surface area contributed by atoms with Crippen molar-refractivity contribution >= 4 is 22.5 Å². The Morgan fingerprint density at radius 1 is 1.27 bits per heavy atom. The molecule has 2 heterocycles. The number of nitrogens with zero attached hydrogens (tertiary/aromatic N) is 2. The molecule has 2 aromatic rings. The fourth-order valence-electron chi connectivity index (χ4n) is 2.80. The molecule has 1 atom stereocenters. The largest absolute Gasteiger partial charge is 0.336 e. The highest BCUT2D eigenvalue weighted by Gasteiger charge is 2.23. The maximum Gasteiger partial charge on any atom is 0.321 e. The number of aromatic nitrogens is 1. The van der Waals surface area contributed by atoms with Gasteiger partial charge in [-0.25, -0.2) is 9.78 Å². The molecule has 3 rings (SSSR count). The Hall–Kier alpha value is -1.92. The summed E-state index contributed by atoms with van der Waals surface area (Å²) in [5.41, 5.74) is 1.25. The quantitative estimate of drug-likeness (QED) is 0.891. The topological polar surface area (TPSA) is 57.3 Å². The maximum atomic E-state index is 12.0. The minimum Gasteiger partial charge on any atom is -0.336 e. The van der Waals surface area contributed by atoms with Gasteiger partial charge in [-0.2, -0.15) is 0 Å². The van der Waals surface area contributed by atoms with Gasteiger partial charge in [0.15, 0.2) is 5.13 Å². The van der Waals surface area contributed by atoms with Crippen molar-refractivity contribution in [2.45, 2.75) is 18.9 Å². The summed E-state index contributed by atoms with van der Waals surface area (Å²) in [6.45, 7) is 2.78. The summed E-state index contributed by atoms with van der Waals surface area (Å²) in [6.07, 6.45) is 4.14. The van der Waals surface area contributed by atoms with Crippen LogP contribution in [0.25, 0.3) is 0 Å². The molecule has 22 heavy (non-hydrogen) atoms. The van der Waals surface area contributed by atoms with E-state index in [0.29, 0.717) is 11.7 Å². The van der Waals surface area contributed by atoms with Gasteiger partial charge < -0.3 is 5.32 Å². The highest BCUT2D eigenvalue weighted by Crippen LogP contribution is 2.24. The van der Waals surface area contributed by atoms with Gasteiger partial charge >= 0.3 is 6.03 Å². The summed E-state index contributed by atoms with van der Waals surface area (Å²) >= 11 is 1.41. The number of carbonyl (C=O) groups excluding carboxylic acids is 1. The molecule has 0 aliphatic carbocycles. The normalized spacial score (nSPS) is 16.4. The molecule has 0 spiro atoms. The van der Waals surface area contributed by atoms with E-state index in [-0.39, 0.29) is 12.1 Å². The molecule has 1 aromatic carbocycles. The van der Waals surface area contributed by atoms with Crippen molar-refractivity contribution in [2.24, 2.45) is 0 Å². The zero-order chi connectivity index (χ0) is 15.2. The maximum absolute atomic E-state index is 12.0. The van der Waals surface area contributed by atoms with Crippen molar-refractivity contribution in [2.75, 3.05) is 25.0 Å². The molecule has 0 unspecified atom stereocenters. The van der Waals surface area contributed by atoms with Crippen molar-refractivity contribution in [3.05, 3.63) is 47.5 Å². The first-order valence-corrected chi connectivity index (χ1v) is 8.44. The lowest BCUT2D eigenvalue weighted by Gasteiger charge is -2.28. The van der Waals surface area contributed by atoms with Crippen molar-refractivity contribution in [1.82, 2.24) is 15.2 Å². The van der Waals surface area contributed by atoms with Crippen LogP contribution in [0.3, 0.4) is 0 Å². The average Bonchev–Trinajstić information content (AvgIpc) is 3.22. The molecule has 5 nitrogen and oxygen atoms in total. The van der Waals surface area contributed by atoms with E-state index in [1.54, 1.807) is 6.20 Å². The van der Waals surface area contributed by atoms with E-state index in [4.69, 9.17) is 0 Å². The van der Waals surface area contributed by atoms with E-state index in [1.807, 2.05) is 23.6 Å². The lowest BCUT2D eigenvalue weighted by molar-refractivity contribution is 0.227. The number of thiazole rings is 1. The highest BCUT2D eigenvalue weighted by atomic mass is 32.1. The molecular formula is C16H20N4OS. The van der Waals surface area contributed by atoms with E-state index in [9.17, 15) is 4.79 Å². The van der Waals surface area contributed by atoms with Crippen LogP contribution in [0.5, 0.6) is 0 Å². The summed E-state index contributed by atoms with van der Waals surface area (Å²) in [6, 6.07) is 10.4. The lowest BCUT2D eigenvalue weighted by atomic mass is 10.1. The van der Waals surface area contributed by atoms with Crippen LogP contribution in [0, 0.1) is 0 Å². The van der Waals surface area contributed by atoms with Crippen LogP contribution < -0.4 is 10.6 Å². The van der Waals surface area contributed by atoms with Gasteiger partial charge in [0.25, 0.3) is 0 Å². The summed E-state index contributed by atoms with van der Waals surface area (Å²) in [7, 11) is 0. The van der Waals surface area contributed by atoms with Crippen LogP contribution >= 0.6 is 11.3 Å². The number of rotatable bonds is 5. The van der Waals surface area contributed by atoms with Crippen LogP contribution in [0.1, 0.15) is 24.4 Å². The summed E-state index contributed by atoms with van der Waals surface area (Å²) in [4.78, 5) is 18.5. The Kier molecular flexibility index (Phi) is 5.03. The van der Waals surface area contributed by atoms with Crippen LogP contribution in [0.15, 0.2) is 41.9 Å². The van der Waals surface area contributed by atoms with Gasteiger partial charge in [0.1, 0.15) is 0 Å². The number of benzene rings is 1. The zero-order valence-corrected chi connectivity index (χ0v) is 13.2. The molecule has 2 amide bonds. The molecule has 6 heteroatoms. The Bertz CT molecular complexity index is 581. The summed E-state index contributed by atoms with van der Waals surface area (Å²) < 4.78 is 0. The molecule has 1 aliphatic rings. The van der Waals surface area contributed by atoms with Crippen LogP contribution in [-0.2, 0) is 0 Å². The smallest absolute Gasteiger partial charge is 0.321 e. The fraction of sp³-hybridized carbons (Fsp3) is 0.375. The van der Waals surface area contributed by atoms with Gasteiger partial charge in [-0.05, 0) is 31.5 Å². The van der Waals surface area contributed by atoms with Gasteiger partial charge in [0.05, 0.1) is 6.04 Å². The number of carbonyl (C=O) groups is 1. The van der Waals surface area contributed by atoms with Crippen molar-refractivity contribution in [3.8, 4) is 0 Å². The van der Waals surface area contributed by atoms with Crippen LogP contribution in [0.2, 0.25) is 0 Å². The minimum atomic E-state index is -0.199. The fourth-order valence-corrected chi connectivity index (χ4v) is 3.33. The molecule has 1 fully saturated rings. The Morgan fingerprint density at radius 2 is 2.05 bits per heavy atom. The first-order valence-electron chi connectivity index (χ1n) is 7.56. The van der Waals surface area contributed by atoms with E-state index < -0.39 is 0 Å². The predicted molar refractivity (Wildman–Crippen MR) is 89.1 cm³/mol. The second kappa shape index (κ2) is 7.38. The number of hydrogen-bond acceptors (Lipinski definition) is 4. The number of anilines is 1. The number of nitrogens with one attached hydrogen (secondary N) is 2. The standard InChI is InChI=1S/C16H20N4OS/c21-15(19-16-17-8-11-22-16)18-12-14(20-9-4-5-10-20)13-6-2-1-3-7-13/h1-3,6-8,11,14H,4-5,9-10,12H2,(H2,17,18,19,21)/t14-/m1/s1. The third kappa shape index (κ3) is 3.84. The number of hydrogen-bond donors (Lipinski definition) is 2. The van der Waals surface area contributed by atoms with Crippen LogP contribution in [0.4, 0.5) is 9.93 Å². The van der Waals surface area contributed by atoms with E-state index in [2.05, 4.69) is 32.7 Å². The first-order chi connectivity index (χ1) is 10.8. The number of likely N-dealkylation sites (tertiary alicyclic amines) is 1. The molecule has 0 bridgehead atoms. The Morgan fingerprint density at radius 3 is 2.73 bits per heavy atom. The van der Waals surface area contributed by atoms with Gasteiger partial charge in [-0.15, -0.1) is 11.3 Å². The monoisotopic (exact) mass is 316 g/mol. The summed E-state index contributed by atoms with van der Waals surface area (Å²) in [5.74, 6) is 0. The summed E-state index contributed by atoms with van der Waals surface area (Å²) in [5, 5.41) is 8.19. The van der Waals surface area contributed by atoms with Gasteiger partial charge in [0, 0.05) is 18.1 Å². The predicted octanol–water partition coefficient (Wildman–Crippen LogP) is 3.10. The number of urea groups is 1. The zero-order valence-electron chi connectivity index (χ0n) is 12.4. The van der Waals surface area contributed by atoms with Crippen molar-refractivity contribution in [3.63, 3.8) is 0 Å². The minimum absolute atomic E-state index is 0.199. The molecule has 0 radical (unpaired) electrons. The lowest BCUT2D eigenvalue weighted by Crippen LogP contribution is -2.38. The Labute approximate surface area is 134 Å². The molecule has 0 saturated carbocycles. The highest BCUT2D eigenvalue weighted by molar-refractivity contribution is 7.13. The Balaban J connectivity index is 1.61. The number of amides is 2. The molecule has 2 N–H and O–H groups in total. The average molecular weight is 316 g/mol. The van der Waals surface area contributed by atoms with Crippen LogP contribution in [-0.4, -0.2) is 35.5 Å². The third-order valence-electron chi connectivity index (χ3n) is 3.87. The molecule has 116 valence electrons. The second-order valence-corrected chi connectivity index (χ2v) is 6.24. The third-order valence-corrected chi connectivity index (χ3v) is 4.56. The SMILES string of the molecule is O=C(NC[C@H](c1ccccc1)N1CCCC1)Nc1nccs1. The van der Waals surface area contributed by atoms with E-state index in [0.717, 1.165) is 13.1 Å². The first kappa shape index (κ1) is 15.0. The van der Waals surface area contributed by atoms with Crippen molar-refractivity contribution in [1.29, 1.82) is 0 Å². The van der Waals surface area contributed by atoms with E-state index >= 15 is 0 Å². The molecule has 1 aliphatic heterocycles. The van der Waals surface area contributed by atoms with Gasteiger partial charge in [0.2, 0.25) is 0 Å². The van der Waals surface area contributed by atoms with E-state index in [1.165, 1.54) is 29.7 Å². The van der Waals surface area contributed by atoms with Crippen molar-refractivity contribution < 1.29 is 4.79 Å².